The average molecular weight is 326 g/mol. The molecule has 4 heteroatoms. The van der Waals surface area contributed by atoms with Crippen LogP contribution in [-0.2, 0) is 0 Å². The predicted octanol–water partition coefficient (Wildman–Crippen LogP) is 3.38. The molecule has 0 aliphatic heterocycles. The lowest BCUT2D eigenvalue weighted by atomic mass is 9.89. The topological polar surface area (TPSA) is 38.3 Å². The van der Waals surface area contributed by atoms with Crippen LogP contribution in [0.1, 0.15) is 36.0 Å². The van der Waals surface area contributed by atoms with Crippen LogP contribution in [0.4, 0.5) is 0 Å². The molecule has 0 radical (unpaired) electrons. The van der Waals surface area contributed by atoms with Crippen LogP contribution < -0.4 is 10.1 Å². The molecule has 1 fully saturated rings. The van der Waals surface area contributed by atoms with E-state index in [0.29, 0.717) is 11.3 Å². The van der Waals surface area contributed by atoms with E-state index < -0.39 is 0 Å². The molecule has 1 aromatic rings. The number of methoxy groups -OCH3 is 1. The Morgan fingerprint density at radius 1 is 1.37 bits per heavy atom. The fourth-order valence-electron chi connectivity index (χ4n) is 2.68. The molecule has 1 amide bonds. The molecular weight excluding hydrogens is 306 g/mol. The van der Waals surface area contributed by atoms with Gasteiger partial charge < -0.3 is 10.1 Å². The molecule has 1 aliphatic carbocycles. The summed E-state index contributed by atoms with van der Waals surface area (Å²) < 4.78 is 5.22. The SMILES string of the molecule is COc1ccccc1C(=O)NCC1(CBr)CCCC1. The third-order valence-electron chi connectivity index (χ3n) is 3.92. The Labute approximate surface area is 122 Å². The number of hydrogen-bond donors (Lipinski definition) is 1. The molecule has 0 spiro atoms. The number of para-hydroxylation sites is 1. The van der Waals surface area contributed by atoms with Crippen LogP contribution in [0.3, 0.4) is 0 Å². The summed E-state index contributed by atoms with van der Waals surface area (Å²) in [5.41, 5.74) is 0.838. The van der Waals surface area contributed by atoms with Gasteiger partial charge in [0.1, 0.15) is 5.75 Å². The van der Waals surface area contributed by atoms with Crippen LogP contribution in [0, 0.1) is 5.41 Å². The number of amides is 1. The molecule has 19 heavy (non-hydrogen) atoms. The quantitative estimate of drug-likeness (QED) is 0.843. The maximum atomic E-state index is 12.2. The van der Waals surface area contributed by atoms with Crippen LogP contribution in [0.15, 0.2) is 24.3 Å². The van der Waals surface area contributed by atoms with Crippen LogP contribution in [0.2, 0.25) is 0 Å². The third-order valence-corrected chi connectivity index (χ3v) is 5.11. The lowest BCUT2D eigenvalue weighted by Gasteiger charge is -2.26. The third kappa shape index (κ3) is 3.30. The number of hydrogen-bond acceptors (Lipinski definition) is 2. The van der Waals surface area contributed by atoms with Gasteiger partial charge >= 0.3 is 0 Å². The summed E-state index contributed by atoms with van der Waals surface area (Å²) in [4.78, 5) is 12.2. The molecular formula is C15H20BrNO2. The Morgan fingerprint density at radius 2 is 2.05 bits per heavy atom. The largest absolute Gasteiger partial charge is 0.496 e. The first-order chi connectivity index (χ1) is 9.21. The summed E-state index contributed by atoms with van der Waals surface area (Å²) in [7, 11) is 1.59. The van der Waals surface area contributed by atoms with Gasteiger partial charge in [-0.25, -0.2) is 0 Å². The highest BCUT2D eigenvalue weighted by atomic mass is 79.9. The van der Waals surface area contributed by atoms with Gasteiger partial charge in [-0.15, -0.1) is 0 Å². The maximum absolute atomic E-state index is 12.2. The van der Waals surface area contributed by atoms with Crippen LogP contribution in [0.5, 0.6) is 5.75 Å². The van der Waals surface area contributed by atoms with Gasteiger partial charge in [0, 0.05) is 11.9 Å². The number of nitrogens with one attached hydrogen (secondary N) is 1. The van der Waals surface area contributed by atoms with Gasteiger partial charge in [0.2, 0.25) is 0 Å². The first-order valence-corrected chi connectivity index (χ1v) is 7.80. The van der Waals surface area contributed by atoms with E-state index in [4.69, 9.17) is 4.74 Å². The summed E-state index contributed by atoms with van der Waals surface area (Å²) in [5.74, 6) is 0.573. The van der Waals surface area contributed by atoms with Gasteiger partial charge in [0.15, 0.2) is 0 Å². The summed E-state index contributed by atoms with van der Waals surface area (Å²) in [6.45, 7) is 0.731. The Bertz CT molecular complexity index is 442. The van der Waals surface area contributed by atoms with E-state index >= 15 is 0 Å². The molecule has 1 N–H and O–H groups in total. The van der Waals surface area contributed by atoms with E-state index in [2.05, 4.69) is 21.2 Å². The molecule has 3 nitrogen and oxygen atoms in total. The molecule has 1 aliphatic rings. The number of halogens is 1. The number of carbonyl (C=O) groups is 1. The minimum absolute atomic E-state index is 0.0512. The first kappa shape index (κ1) is 14.4. The Balaban J connectivity index is 2.01. The number of ether oxygens (including phenoxy) is 1. The van der Waals surface area contributed by atoms with Crippen molar-refractivity contribution in [3.8, 4) is 5.75 Å². The maximum Gasteiger partial charge on any atom is 0.255 e. The minimum atomic E-state index is -0.0512. The van der Waals surface area contributed by atoms with Gasteiger partial charge in [-0.2, -0.15) is 0 Å². The number of alkyl halides is 1. The smallest absolute Gasteiger partial charge is 0.255 e. The molecule has 1 aromatic carbocycles. The van der Waals surface area contributed by atoms with Gasteiger partial charge in [-0.05, 0) is 30.4 Å². The zero-order valence-electron chi connectivity index (χ0n) is 11.2. The summed E-state index contributed by atoms with van der Waals surface area (Å²) in [6.07, 6.45) is 4.89. The molecule has 1 saturated carbocycles. The Hall–Kier alpha value is -1.03. The Kier molecular flexibility index (Phi) is 4.86. The molecule has 104 valence electrons. The first-order valence-electron chi connectivity index (χ1n) is 6.68. The van der Waals surface area contributed by atoms with E-state index in [1.165, 1.54) is 25.7 Å². The van der Waals surface area contributed by atoms with Crippen molar-refractivity contribution in [2.45, 2.75) is 25.7 Å². The van der Waals surface area contributed by atoms with Crippen molar-refractivity contribution in [2.75, 3.05) is 19.0 Å². The molecule has 2 rings (SSSR count). The van der Waals surface area contributed by atoms with Crippen LogP contribution in [-0.4, -0.2) is 24.9 Å². The Morgan fingerprint density at radius 3 is 2.68 bits per heavy atom. The molecule has 0 bridgehead atoms. The molecule has 0 heterocycles. The molecule has 0 atom stereocenters. The van der Waals surface area contributed by atoms with Gasteiger partial charge in [0.05, 0.1) is 12.7 Å². The van der Waals surface area contributed by atoms with E-state index in [1.807, 2.05) is 18.2 Å². The average Bonchev–Trinajstić information content (AvgIpc) is 2.94. The monoisotopic (exact) mass is 325 g/mol. The number of rotatable bonds is 5. The standard InChI is InChI=1S/C15H20BrNO2/c1-19-13-7-3-2-6-12(13)14(18)17-11-15(10-16)8-4-5-9-15/h2-3,6-7H,4-5,8-11H2,1H3,(H,17,18). The van der Waals surface area contributed by atoms with Crippen LogP contribution >= 0.6 is 15.9 Å². The van der Waals surface area contributed by atoms with Crippen molar-refractivity contribution in [2.24, 2.45) is 5.41 Å². The highest BCUT2D eigenvalue weighted by molar-refractivity contribution is 9.09. The van der Waals surface area contributed by atoms with Crippen molar-refractivity contribution in [1.29, 1.82) is 0 Å². The highest BCUT2D eigenvalue weighted by Gasteiger charge is 2.33. The second-order valence-corrected chi connectivity index (χ2v) is 5.78. The zero-order chi connectivity index (χ0) is 13.7. The summed E-state index contributed by atoms with van der Waals surface area (Å²) in [6, 6.07) is 7.33. The summed E-state index contributed by atoms with van der Waals surface area (Å²) >= 11 is 3.59. The lowest BCUT2D eigenvalue weighted by Crippen LogP contribution is -2.37. The zero-order valence-corrected chi connectivity index (χ0v) is 12.8. The highest BCUT2D eigenvalue weighted by Crippen LogP contribution is 2.39. The fraction of sp³-hybridized carbons (Fsp3) is 0.533. The van der Waals surface area contributed by atoms with Gasteiger partial charge in [-0.3, -0.25) is 4.79 Å². The lowest BCUT2D eigenvalue weighted by molar-refractivity contribution is 0.0932. The van der Waals surface area contributed by atoms with E-state index in [1.54, 1.807) is 13.2 Å². The normalized spacial score (nSPS) is 17.2. The second kappa shape index (κ2) is 6.42. The molecule has 0 unspecified atom stereocenters. The second-order valence-electron chi connectivity index (χ2n) is 5.22. The fourth-order valence-corrected chi connectivity index (χ4v) is 3.44. The van der Waals surface area contributed by atoms with E-state index in [-0.39, 0.29) is 11.3 Å². The van der Waals surface area contributed by atoms with Crippen molar-refractivity contribution >= 4 is 21.8 Å². The predicted molar refractivity (Wildman–Crippen MR) is 80.0 cm³/mol. The van der Waals surface area contributed by atoms with Crippen molar-refractivity contribution < 1.29 is 9.53 Å². The minimum Gasteiger partial charge on any atom is -0.496 e. The molecule has 0 saturated heterocycles. The number of carbonyl (C=O) groups excluding carboxylic acids is 1. The van der Waals surface area contributed by atoms with Gasteiger partial charge in [-0.1, -0.05) is 40.9 Å². The van der Waals surface area contributed by atoms with E-state index in [0.717, 1.165) is 11.9 Å². The van der Waals surface area contributed by atoms with Crippen molar-refractivity contribution in [1.82, 2.24) is 5.32 Å². The van der Waals surface area contributed by atoms with Crippen molar-refractivity contribution in [3.05, 3.63) is 29.8 Å². The van der Waals surface area contributed by atoms with Gasteiger partial charge in [0.25, 0.3) is 5.91 Å². The van der Waals surface area contributed by atoms with Crippen molar-refractivity contribution in [3.63, 3.8) is 0 Å². The number of benzene rings is 1. The molecule has 0 aromatic heterocycles. The van der Waals surface area contributed by atoms with E-state index in [9.17, 15) is 4.79 Å². The summed E-state index contributed by atoms with van der Waals surface area (Å²) in [5, 5.41) is 4.01. The van der Waals surface area contributed by atoms with Crippen LogP contribution in [0.25, 0.3) is 0 Å².